The summed E-state index contributed by atoms with van der Waals surface area (Å²) >= 11 is 3.58. The molecule has 0 aromatic heterocycles. The predicted molar refractivity (Wildman–Crippen MR) is 76.8 cm³/mol. The van der Waals surface area contributed by atoms with E-state index in [9.17, 15) is 5.11 Å². The molecule has 18 heavy (non-hydrogen) atoms. The molecule has 0 spiro atoms. The van der Waals surface area contributed by atoms with Crippen LogP contribution in [0.3, 0.4) is 0 Å². The molecule has 0 aliphatic carbocycles. The second kappa shape index (κ2) is 6.04. The summed E-state index contributed by atoms with van der Waals surface area (Å²) < 4.78 is 1.03. The van der Waals surface area contributed by atoms with Crippen LogP contribution in [-0.4, -0.2) is 29.9 Å². The summed E-state index contributed by atoms with van der Waals surface area (Å²) in [5, 5.41) is 18.7. The molecule has 0 amide bonds. The highest BCUT2D eigenvalue weighted by molar-refractivity contribution is 9.10. The zero-order chi connectivity index (χ0) is 13.1. The van der Waals surface area contributed by atoms with Crippen LogP contribution in [0.1, 0.15) is 31.4 Å². The number of hydrogen-bond donors (Lipinski definition) is 2. The molecule has 1 aliphatic rings. The minimum Gasteiger partial charge on any atom is -0.396 e. The highest BCUT2D eigenvalue weighted by Gasteiger charge is 2.20. The molecule has 1 saturated heterocycles. The lowest BCUT2D eigenvalue weighted by Crippen LogP contribution is -2.34. The fourth-order valence-electron chi connectivity index (χ4n) is 2.40. The van der Waals surface area contributed by atoms with Gasteiger partial charge in [0.05, 0.1) is 11.8 Å². The Morgan fingerprint density at radius 2 is 2.06 bits per heavy atom. The molecule has 1 heterocycles. The van der Waals surface area contributed by atoms with E-state index in [1.54, 1.807) is 6.92 Å². The van der Waals surface area contributed by atoms with Gasteiger partial charge in [0.2, 0.25) is 0 Å². The van der Waals surface area contributed by atoms with Crippen LogP contribution in [0.15, 0.2) is 22.7 Å². The quantitative estimate of drug-likeness (QED) is 0.901. The predicted octanol–water partition coefficient (Wildman–Crippen LogP) is 2.71. The Morgan fingerprint density at radius 1 is 1.39 bits per heavy atom. The summed E-state index contributed by atoms with van der Waals surface area (Å²) in [6.45, 7) is 4.04. The first-order valence-corrected chi connectivity index (χ1v) is 7.24. The molecule has 1 aromatic rings. The summed E-state index contributed by atoms with van der Waals surface area (Å²) in [5.74, 6) is 0.455. The number of aliphatic hydroxyl groups is 2. The van der Waals surface area contributed by atoms with Crippen molar-refractivity contribution in [2.75, 3.05) is 24.6 Å². The van der Waals surface area contributed by atoms with Crippen molar-refractivity contribution < 1.29 is 10.2 Å². The molecule has 3 nitrogen and oxygen atoms in total. The van der Waals surface area contributed by atoms with E-state index in [4.69, 9.17) is 5.11 Å². The number of anilines is 1. The molecule has 4 heteroatoms. The molecule has 1 aliphatic heterocycles. The van der Waals surface area contributed by atoms with Gasteiger partial charge in [-0.1, -0.05) is 6.07 Å². The van der Waals surface area contributed by atoms with Crippen molar-refractivity contribution in [3.63, 3.8) is 0 Å². The summed E-state index contributed by atoms with van der Waals surface area (Å²) in [4.78, 5) is 2.34. The Hall–Kier alpha value is -0.580. The maximum absolute atomic E-state index is 9.55. The highest BCUT2D eigenvalue weighted by Crippen LogP contribution is 2.32. The van der Waals surface area contributed by atoms with Crippen molar-refractivity contribution in [1.29, 1.82) is 0 Å². The van der Waals surface area contributed by atoms with Gasteiger partial charge in [0, 0.05) is 24.2 Å². The molecule has 0 radical (unpaired) electrons. The minimum atomic E-state index is -0.435. The van der Waals surface area contributed by atoms with Gasteiger partial charge in [0.15, 0.2) is 0 Å². The van der Waals surface area contributed by atoms with Crippen LogP contribution < -0.4 is 4.90 Å². The third-order valence-corrected chi connectivity index (χ3v) is 4.30. The average molecular weight is 314 g/mol. The normalized spacial score (nSPS) is 19.0. The second-order valence-electron chi connectivity index (χ2n) is 5.00. The van der Waals surface area contributed by atoms with Gasteiger partial charge in [-0.05, 0) is 59.3 Å². The van der Waals surface area contributed by atoms with Gasteiger partial charge >= 0.3 is 0 Å². The molecular weight excluding hydrogens is 294 g/mol. The van der Waals surface area contributed by atoms with Crippen molar-refractivity contribution in [3.8, 4) is 0 Å². The zero-order valence-corrected chi connectivity index (χ0v) is 12.2. The van der Waals surface area contributed by atoms with Crippen molar-refractivity contribution in [2.45, 2.75) is 25.9 Å². The maximum Gasteiger partial charge on any atom is 0.0762 e. The first-order chi connectivity index (χ1) is 8.61. The highest BCUT2D eigenvalue weighted by atomic mass is 79.9. The van der Waals surface area contributed by atoms with Gasteiger partial charge < -0.3 is 15.1 Å². The molecule has 0 bridgehead atoms. The van der Waals surface area contributed by atoms with Crippen LogP contribution in [-0.2, 0) is 0 Å². The van der Waals surface area contributed by atoms with E-state index >= 15 is 0 Å². The Kier molecular flexibility index (Phi) is 4.65. The third kappa shape index (κ3) is 3.05. The fourth-order valence-corrected chi connectivity index (χ4v) is 3.04. The molecular formula is C14H20BrNO2. The van der Waals surface area contributed by atoms with E-state index < -0.39 is 6.10 Å². The first kappa shape index (κ1) is 13.8. The van der Waals surface area contributed by atoms with Gasteiger partial charge in [-0.3, -0.25) is 0 Å². The van der Waals surface area contributed by atoms with Gasteiger partial charge in [-0.15, -0.1) is 0 Å². The Bertz CT molecular complexity index is 401. The molecule has 0 saturated carbocycles. The average Bonchev–Trinajstić information content (AvgIpc) is 2.38. The maximum atomic E-state index is 9.55. The van der Waals surface area contributed by atoms with E-state index in [2.05, 4.69) is 26.9 Å². The fraction of sp³-hybridized carbons (Fsp3) is 0.571. The molecule has 1 aromatic carbocycles. The number of hydrogen-bond acceptors (Lipinski definition) is 3. The zero-order valence-electron chi connectivity index (χ0n) is 10.6. The lowest BCUT2D eigenvalue weighted by Gasteiger charge is -2.33. The van der Waals surface area contributed by atoms with Crippen molar-refractivity contribution in [3.05, 3.63) is 28.2 Å². The van der Waals surface area contributed by atoms with Crippen molar-refractivity contribution in [1.82, 2.24) is 0 Å². The van der Waals surface area contributed by atoms with E-state index in [0.29, 0.717) is 12.5 Å². The molecule has 2 N–H and O–H groups in total. The summed E-state index contributed by atoms with van der Waals surface area (Å²) in [5.41, 5.74) is 2.10. The molecule has 100 valence electrons. The van der Waals surface area contributed by atoms with Crippen LogP contribution in [0.4, 0.5) is 5.69 Å². The monoisotopic (exact) mass is 313 g/mol. The topological polar surface area (TPSA) is 43.7 Å². The molecule has 2 rings (SSSR count). The Morgan fingerprint density at radius 3 is 2.56 bits per heavy atom. The smallest absolute Gasteiger partial charge is 0.0762 e. The Labute approximate surface area is 117 Å². The summed E-state index contributed by atoms with van der Waals surface area (Å²) in [6, 6.07) is 6.02. The van der Waals surface area contributed by atoms with Crippen molar-refractivity contribution >= 4 is 21.6 Å². The van der Waals surface area contributed by atoms with E-state index in [1.807, 2.05) is 12.1 Å². The largest absolute Gasteiger partial charge is 0.396 e. The van der Waals surface area contributed by atoms with Crippen LogP contribution >= 0.6 is 15.9 Å². The van der Waals surface area contributed by atoms with Crippen molar-refractivity contribution in [2.24, 2.45) is 5.92 Å². The lowest BCUT2D eigenvalue weighted by molar-refractivity contribution is 0.199. The van der Waals surface area contributed by atoms with Gasteiger partial charge in [0.25, 0.3) is 0 Å². The van der Waals surface area contributed by atoms with E-state index in [1.165, 1.54) is 5.69 Å². The number of halogens is 1. The van der Waals surface area contributed by atoms with Crippen LogP contribution in [0.5, 0.6) is 0 Å². The van der Waals surface area contributed by atoms with Gasteiger partial charge in [-0.2, -0.15) is 0 Å². The third-order valence-electron chi connectivity index (χ3n) is 3.67. The van der Waals surface area contributed by atoms with E-state index in [-0.39, 0.29) is 0 Å². The minimum absolute atomic E-state index is 0.302. The van der Waals surface area contributed by atoms with Crippen LogP contribution in [0, 0.1) is 5.92 Å². The Balaban J connectivity index is 2.10. The molecule has 1 atom stereocenters. The first-order valence-electron chi connectivity index (χ1n) is 6.45. The van der Waals surface area contributed by atoms with Crippen LogP contribution in [0.2, 0.25) is 0 Å². The summed E-state index contributed by atoms with van der Waals surface area (Å²) in [7, 11) is 0. The number of benzene rings is 1. The lowest BCUT2D eigenvalue weighted by atomic mass is 9.97. The second-order valence-corrected chi connectivity index (χ2v) is 5.85. The summed E-state index contributed by atoms with van der Waals surface area (Å²) in [6.07, 6.45) is 1.65. The number of piperidine rings is 1. The van der Waals surface area contributed by atoms with Gasteiger partial charge in [0.1, 0.15) is 0 Å². The SMILES string of the molecule is C[C@H](O)c1ccc(N2CCC(CO)CC2)c(Br)c1. The molecule has 0 unspecified atom stereocenters. The molecule has 1 fully saturated rings. The standard InChI is InChI=1S/C14H20BrNO2/c1-10(18)12-2-3-14(13(15)8-12)16-6-4-11(9-17)5-7-16/h2-3,8,10-11,17-18H,4-7,9H2,1H3/t10-/m0/s1. The number of aliphatic hydroxyl groups excluding tert-OH is 2. The van der Waals surface area contributed by atoms with Crippen LogP contribution in [0.25, 0.3) is 0 Å². The van der Waals surface area contributed by atoms with E-state index in [0.717, 1.165) is 36.0 Å². The number of nitrogens with zero attached hydrogens (tertiary/aromatic N) is 1. The number of rotatable bonds is 3. The van der Waals surface area contributed by atoms with Gasteiger partial charge in [-0.25, -0.2) is 0 Å².